The van der Waals surface area contributed by atoms with Gasteiger partial charge < -0.3 is 21.7 Å². The van der Waals surface area contributed by atoms with Crippen LogP contribution in [0, 0.1) is 30.1 Å². The van der Waals surface area contributed by atoms with E-state index in [1.54, 1.807) is 18.2 Å². The van der Waals surface area contributed by atoms with E-state index in [-0.39, 0.29) is 11.5 Å². The number of nitrogens with two attached hydrogens (primary N) is 2. The number of carbonyl (C=O) groups is 1. The summed E-state index contributed by atoms with van der Waals surface area (Å²) in [6.07, 6.45) is 3.62. The number of benzene rings is 1. The van der Waals surface area contributed by atoms with Crippen LogP contribution in [-0.4, -0.2) is 53.2 Å². The van der Waals surface area contributed by atoms with Crippen LogP contribution in [0.3, 0.4) is 0 Å². The van der Waals surface area contributed by atoms with Crippen molar-refractivity contribution in [3.8, 4) is 11.8 Å². The minimum atomic E-state index is -0.519. The molecule has 156 valence electrons. The van der Waals surface area contributed by atoms with Crippen LogP contribution >= 0.6 is 0 Å². The van der Waals surface area contributed by atoms with Gasteiger partial charge in [0.05, 0.1) is 5.56 Å². The summed E-state index contributed by atoms with van der Waals surface area (Å²) >= 11 is 0. The van der Waals surface area contributed by atoms with Gasteiger partial charge in [-0.1, -0.05) is 12.0 Å². The Morgan fingerprint density at radius 1 is 1.33 bits per heavy atom. The highest BCUT2D eigenvalue weighted by Gasteiger charge is 2.18. The topological polar surface area (TPSA) is 134 Å². The maximum atomic E-state index is 11.4. The normalized spacial score (nSPS) is 14.6. The first kappa shape index (κ1) is 21.3. The van der Waals surface area contributed by atoms with Gasteiger partial charge in [0.15, 0.2) is 0 Å². The third-order valence-corrected chi connectivity index (χ3v) is 5.37. The number of amides is 1. The Bertz CT molecular complexity index is 1010. The van der Waals surface area contributed by atoms with Crippen LogP contribution in [-0.2, 0) is 0 Å². The van der Waals surface area contributed by atoms with Crippen LogP contribution < -0.4 is 16.8 Å². The number of carbonyl (C=O) groups excluding carboxylic acids is 1. The molecule has 0 radical (unpaired) electrons. The quantitative estimate of drug-likeness (QED) is 0.441. The zero-order valence-electron chi connectivity index (χ0n) is 17.3. The molecule has 0 atom stereocenters. The lowest BCUT2D eigenvalue weighted by Crippen LogP contribution is -2.33. The van der Waals surface area contributed by atoms with Crippen LogP contribution in [0.1, 0.15) is 39.9 Å². The van der Waals surface area contributed by atoms with Crippen molar-refractivity contribution in [3.63, 3.8) is 0 Å². The van der Waals surface area contributed by atoms with E-state index in [2.05, 4.69) is 39.1 Å². The Balaban J connectivity index is 1.79. The number of anilines is 2. The standard InChI is InChI=1S/C22H27N7O/c1-14-3-4-17(21(25)30)11-16(14)5-6-18(23)19-20(24)27-13-28-22(19)26-12-15-7-9-29(2)10-8-15/h3-4,11,13,15,23H,7-10,12H2,1-2H3,(H2,25,30)(H3,24,26,27,28). The van der Waals surface area contributed by atoms with Crippen molar-refractivity contribution in [1.29, 1.82) is 5.41 Å². The molecular formula is C22H27N7O. The van der Waals surface area contributed by atoms with Gasteiger partial charge in [-0.15, -0.1) is 0 Å². The van der Waals surface area contributed by atoms with E-state index in [9.17, 15) is 4.79 Å². The predicted octanol–water partition coefficient (Wildman–Crippen LogP) is 1.64. The Hall–Kier alpha value is -3.44. The maximum Gasteiger partial charge on any atom is 0.248 e. The number of rotatable bonds is 5. The fourth-order valence-corrected chi connectivity index (χ4v) is 3.39. The second kappa shape index (κ2) is 9.37. The fourth-order valence-electron chi connectivity index (χ4n) is 3.39. The Labute approximate surface area is 176 Å². The summed E-state index contributed by atoms with van der Waals surface area (Å²) in [6, 6.07) is 5.06. The zero-order valence-corrected chi connectivity index (χ0v) is 17.3. The predicted molar refractivity (Wildman–Crippen MR) is 119 cm³/mol. The van der Waals surface area contributed by atoms with E-state index in [0.29, 0.717) is 28.4 Å². The third-order valence-electron chi connectivity index (χ3n) is 5.37. The van der Waals surface area contributed by atoms with Crippen LogP contribution in [0.4, 0.5) is 11.6 Å². The molecule has 1 aliphatic heterocycles. The van der Waals surface area contributed by atoms with Crippen LogP contribution in [0.25, 0.3) is 0 Å². The summed E-state index contributed by atoms with van der Waals surface area (Å²) in [4.78, 5) is 22.1. The minimum absolute atomic E-state index is 0.0165. The molecule has 2 aromatic rings. The van der Waals surface area contributed by atoms with Gasteiger partial charge in [-0.25, -0.2) is 9.97 Å². The molecule has 1 aliphatic rings. The number of nitrogens with one attached hydrogen (secondary N) is 2. The summed E-state index contributed by atoms with van der Waals surface area (Å²) in [7, 11) is 2.13. The first-order chi connectivity index (χ1) is 14.3. The molecule has 0 saturated carbocycles. The van der Waals surface area contributed by atoms with Crippen molar-refractivity contribution < 1.29 is 4.79 Å². The molecular weight excluding hydrogens is 378 g/mol. The van der Waals surface area contributed by atoms with E-state index in [1.807, 2.05) is 6.92 Å². The number of hydrogen-bond donors (Lipinski definition) is 4. The molecule has 8 nitrogen and oxygen atoms in total. The number of primary amides is 1. The molecule has 8 heteroatoms. The molecule has 6 N–H and O–H groups in total. The van der Waals surface area contributed by atoms with Crippen LogP contribution in [0.15, 0.2) is 24.5 Å². The highest BCUT2D eigenvalue weighted by molar-refractivity contribution is 6.16. The molecule has 3 rings (SSSR count). The van der Waals surface area contributed by atoms with Crippen molar-refractivity contribution >= 4 is 23.3 Å². The summed E-state index contributed by atoms with van der Waals surface area (Å²) in [5, 5.41) is 11.8. The molecule has 2 heterocycles. The van der Waals surface area contributed by atoms with E-state index < -0.39 is 5.91 Å². The average Bonchev–Trinajstić information content (AvgIpc) is 2.72. The molecule has 0 spiro atoms. The van der Waals surface area contributed by atoms with Gasteiger partial charge in [-0.2, -0.15) is 0 Å². The summed E-state index contributed by atoms with van der Waals surface area (Å²) < 4.78 is 0. The van der Waals surface area contributed by atoms with E-state index in [4.69, 9.17) is 16.9 Å². The summed E-state index contributed by atoms with van der Waals surface area (Å²) in [5.41, 5.74) is 13.7. The number of likely N-dealkylation sites (tertiary alicyclic amines) is 1. The molecule has 1 aromatic heterocycles. The van der Waals surface area contributed by atoms with Gasteiger partial charge in [0.25, 0.3) is 0 Å². The summed E-state index contributed by atoms with van der Waals surface area (Å²) in [6.45, 7) is 4.80. The van der Waals surface area contributed by atoms with Gasteiger partial charge >= 0.3 is 0 Å². The Morgan fingerprint density at radius 2 is 2.07 bits per heavy atom. The van der Waals surface area contributed by atoms with Gasteiger partial charge in [-0.3, -0.25) is 10.2 Å². The highest BCUT2D eigenvalue weighted by atomic mass is 16.1. The first-order valence-electron chi connectivity index (χ1n) is 9.89. The third kappa shape index (κ3) is 5.13. The van der Waals surface area contributed by atoms with Crippen LogP contribution in [0.5, 0.6) is 0 Å². The number of nitrogen functional groups attached to an aromatic ring is 1. The number of aromatic nitrogens is 2. The van der Waals surface area contributed by atoms with E-state index >= 15 is 0 Å². The molecule has 1 fully saturated rings. The van der Waals surface area contributed by atoms with Crippen molar-refractivity contribution in [3.05, 3.63) is 46.8 Å². The number of hydrogen-bond acceptors (Lipinski definition) is 7. The minimum Gasteiger partial charge on any atom is -0.383 e. The van der Waals surface area contributed by atoms with Crippen molar-refractivity contribution in [1.82, 2.24) is 14.9 Å². The lowest BCUT2D eigenvalue weighted by atomic mass is 9.97. The van der Waals surface area contributed by atoms with Gasteiger partial charge in [0, 0.05) is 17.7 Å². The molecule has 1 amide bonds. The lowest BCUT2D eigenvalue weighted by Gasteiger charge is -2.29. The van der Waals surface area contributed by atoms with Gasteiger partial charge in [0.1, 0.15) is 23.7 Å². The molecule has 0 bridgehead atoms. The molecule has 0 aliphatic carbocycles. The number of nitrogens with zero attached hydrogens (tertiary/aromatic N) is 3. The molecule has 1 aromatic carbocycles. The van der Waals surface area contributed by atoms with Crippen LogP contribution in [0.2, 0.25) is 0 Å². The van der Waals surface area contributed by atoms with E-state index in [1.165, 1.54) is 6.33 Å². The van der Waals surface area contributed by atoms with Crippen molar-refractivity contribution in [2.24, 2.45) is 11.7 Å². The second-order valence-corrected chi connectivity index (χ2v) is 7.63. The first-order valence-corrected chi connectivity index (χ1v) is 9.89. The SMILES string of the molecule is Cc1ccc(C(N)=O)cc1C#CC(=N)c1c(N)ncnc1NCC1CCN(C)CC1. The highest BCUT2D eigenvalue weighted by Crippen LogP contribution is 2.21. The largest absolute Gasteiger partial charge is 0.383 e. The van der Waals surface area contributed by atoms with Gasteiger partial charge in [-0.05, 0) is 69.4 Å². The second-order valence-electron chi connectivity index (χ2n) is 7.63. The molecule has 30 heavy (non-hydrogen) atoms. The molecule has 0 unspecified atom stereocenters. The van der Waals surface area contributed by atoms with Crippen molar-refractivity contribution in [2.75, 3.05) is 37.7 Å². The number of piperidine rings is 1. The Morgan fingerprint density at radius 3 is 2.77 bits per heavy atom. The van der Waals surface area contributed by atoms with Crippen molar-refractivity contribution in [2.45, 2.75) is 19.8 Å². The maximum absolute atomic E-state index is 11.4. The lowest BCUT2D eigenvalue weighted by molar-refractivity contribution is 0.1000. The molecule has 1 saturated heterocycles. The summed E-state index contributed by atoms with van der Waals surface area (Å²) in [5.74, 6) is 6.52. The fraction of sp³-hybridized carbons (Fsp3) is 0.364. The van der Waals surface area contributed by atoms with Gasteiger partial charge in [0.2, 0.25) is 5.91 Å². The smallest absolute Gasteiger partial charge is 0.248 e. The van der Waals surface area contributed by atoms with E-state index in [0.717, 1.165) is 38.0 Å². The monoisotopic (exact) mass is 405 g/mol. The average molecular weight is 406 g/mol. The zero-order chi connectivity index (χ0) is 21.7. The Kier molecular flexibility index (Phi) is 6.65. The number of aryl methyl sites for hydroxylation is 1.